The Hall–Kier alpha value is -2.41. The number of barbiturate groups is 1. The van der Waals surface area contributed by atoms with Crippen LogP contribution in [0.25, 0.3) is 0 Å². The number of hydrogen-bond donors (Lipinski definition) is 2. The highest BCUT2D eigenvalue weighted by molar-refractivity contribution is 6.20. The van der Waals surface area contributed by atoms with E-state index in [9.17, 15) is 14.4 Å². The van der Waals surface area contributed by atoms with Gasteiger partial charge in [0.15, 0.2) is 5.41 Å². The molecular weight excluding hydrogens is 334 g/mol. The molecule has 4 amide bonds. The monoisotopic (exact) mass is 359 g/mol. The van der Waals surface area contributed by atoms with Gasteiger partial charge in [-0.3, -0.25) is 20.2 Å². The van der Waals surface area contributed by atoms with Crippen LogP contribution < -0.4 is 15.5 Å². The van der Waals surface area contributed by atoms with Gasteiger partial charge in [0.2, 0.25) is 11.8 Å². The molecule has 2 fully saturated rings. The zero-order chi connectivity index (χ0) is 19.1. The number of para-hydroxylation sites is 1. The molecule has 4 rings (SSSR count). The number of rotatable bonds is 0. The molecule has 0 radical (unpaired) electrons. The molecule has 1 aromatic rings. The maximum atomic E-state index is 12.8. The van der Waals surface area contributed by atoms with Crippen LogP contribution in [0.3, 0.4) is 0 Å². The van der Waals surface area contributed by atoms with Gasteiger partial charge in [0.1, 0.15) is 0 Å². The van der Waals surface area contributed by atoms with E-state index in [1.807, 2.05) is 52.0 Å². The van der Waals surface area contributed by atoms with E-state index in [1.54, 1.807) is 0 Å². The molecule has 3 heterocycles. The topological polar surface area (TPSA) is 87.7 Å². The van der Waals surface area contributed by atoms with Crippen molar-refractivity contribution in [3.8, 4) is 0 Å². The second kappa shape index (κ2) is 6.72. The van der Waals surface area contributed by atoms with Crippen LogP contribution in [0.5, 0.6) is 0 Å². The van der Waals surface area contributed by atoms with E-state index < -0.39 is 29.3 Å². The number of nitrogens with zero attached hydrogens (tertiary/aromatic N) is 1. The first kappa shape index (κ1) is 18.4. The highest BCUT2D eigenvalue weighted by Gasteiger charge is 2.62. The number of nitrogens with one attached hydrogen (secondary N) is 2. The summed E-state index contributed by atoms with van der Waals surface area (Å²) in [5.41, 5.74) is 0.573. The Morgan fingerprint density at radius 1 is 1.08 bits per heavy atom. The lowest BCUT2D eigenvalue weighted by atomic mass is 9.66. The molecule has 0 unspecified atom stereocenters. The first-order chi connectivity index (χ1) is 12.4. The summed E-state index contributed by atoms with van der Waals surface area (Å²) in [7, 11) is 0. The van der Waals surface area contributed by atoms with Crippen molar-refractivity contribution in [2.75, 3.05) is 11.4 Å². The fourth-order valence-corrected chi connectivity index (χ4v) is 4.38. The average molecular weight is 359 g/mol. The van der Waals surface area contributed by atoms with Gasteiger partial charge in [-0.15, -0.1) is 0 Å². The van der Waals surface area contributed by atoms with E-state index in [0.717, 1.165) is 11.3 Å². The number of carbonyl (C=O) groups is 3. The predicted molar refractivity (Wildman–Crippen MR) is 96.8 cm³/mol. The molecular formula is C19H25N3O4. The lowest BCUT2D eigenvalue weighted by Gasteiger charge is -2.55. The molecule has 7 nitrogen and oxygen atoms in total. The molecule has 3 atom stereocenters. The fourth-order valence-electron chi connectivity index (χ4n) is 4.38. The van der Waals surface area contributed by atoms with Gasteiger partial charge in [-0.1, -0.05) is 32.0 Å². The lowest BCUT2D eigenvalue weighted by Crippen LogP contribution is -2.75. The summed E-state index contributed by atoms with van der Waals surface area (Å²) >= 11 is 0. The molecule has 1 spiro atoms. The number of morpholine rings is 1. The Morgan fingerprint density at radius 3 is 2.35 bits per heavy atom. The molecule has 26 heavy (non-hydrogen) atoms. The zero-order valence-electron chi connectivity index (χ0n) is 15.5. The number of urea groups is 1. The minimum atomic E-state index is -1.37. The Kier molecular flexibility index (Phi) is 4.75. The van der Waals surface area contributed by atoms with Gasteiger partial charge in [-0.2, -0.15) is 0 Å². The highest BCUT2D eigenvalue weighted by Crippen LogP contribution is 2.46. The van der Waals surface area contributed by atoms with Crippen LogP contribution >= 0.6 is 0 Å². The molecule has 0 aliphatic carbocycles. The Labute approximate surface area is 153 Å². The van der Waals surface area contributed by atoms with Crippen molar-refractivity contribution >= 4 is 23.5 Å². The molecule has 2 N–H and O–H groups in total. The van der Waals surface area contributed by atoms with Crippen molar-refractivity contribution < 1.29 is 19.1 Å². The minimum absolute atomic E-state index is 0.0178. The van der Waals surface area contributed by atoms with Gasteiger partial charge in [0.05, 0.1) is 18.2 Å². The van der Waals surface area contributed by atoms with Crippen LogP contribution in [-0.2, 0) is 20.7 Å². The summed E-state index contributed by atoms with van der Waals surface area (Å²) in [5, 5.41) is 4.55. The van der Waals surface area contributed by atoms with E-state index in [0.29, 0.717) is 6.54 Å². The number of benzene rings is 1. The van der Waals surface area contributed by atoms with Crippen LogP contribution in [0, 0.1) is 5.41 Å². The average Bonchev–Trinajstić information content (AvgIpc) is 2.61. The van der Waals surface area contributed by atoms with Crippen molar-refractivity contribution in [3.63, 3.8) is 0 Å². The van der Waals surface area contributed by atoms with Crippen molar-refractivity contribution in [1.82, 2.24) is 10.6 Å². The first-order valence-corrected chi connectivity index (χ1v) is 9.10. The molecule has 1 aromatic carbocycles. The van der Waals surface area contributed by atoms with Gasteiger partial charge in [0, 0.05) is 12.2 Å². The third-order valence-corrected chi connectivity index (χ3v) is 5.22. The van der Waals surface area contributed by atoms with Crippen LogP contribution in [0.15, 0.2) is 24.3 Å². The summed E-state index contributed by atoms with van der Waals surface area (Å²) in [6.07, 6.45) is -0.0974. The SMILES string of the molecule is CC.C[C@@H]1CN2c3ccccc3CC3(C(=O)NC(=O)NC3=O)[C@H]2[C@H](C)O1. The fraction of sp³-hybridized carbons (Fsp3) is 0.526. The van der Waals surface area contributed by atoms with E-state index in [-0.39, 0.29) is 18.6 Å². The predicted octanol–water partition coefficient (Wildman–Crippen LogP) is 1.60. The van der Waals surface area contributed by atoms with E-state index in [2.05, 4.69) is 15.5 Å². The Bertz CT molecular complexity index is 728. The smallest absolute Gasteiger partial charge is 0.328 e. The van der Waals surface area contributed by atoms with E-state index in [4.69, 9.17) is 4.74 Å². The number of carbonyl (C=O) groups excluding carboxylic acids is 3. The zero-order valence-corrected chi connectivity index (χ0v) is 15.5. The van der Waals surface area contributed by atoms with Crippen LogP contribution in [-0.4, -0.2) is 42.6 Å². The number of imide groups is 2. The Morgan fingerprint density at radius 2 is 1.69 bits per heavy atom. The molecule has 140 valence electrons. The number of ether oxygens (including phenoxy) is 1. The van der Waals surface area contributed by atoms with Gasteiger partial charge < -0.3 is 9.64 Å². The molecule has 3 aliphatic heterocycles. The summed E-state index contributed by atoms with van der Waals surface area (Å²) in [4.78, 5) is 39.2. The van der Waals surface area contributed by atoms with Crippen molar-refractivity contribution in [2.24, 2.45) is 5.41 Å². The molecule has 0 bridgehead atoms. The third-order valence-electron chi connectivity index (χ3n) is 5.22. The van der Waals surface area contributed by atoms with Crippen LogP contribution in [0.4, 0.5) is 10.5 Å². The second-order valence-corrected chi connectivity index (χ2v) is 6.76. The maximum absolute atomic E-state index is 12.8. The molecule has 2 saturated heterocycles. The molecule has 3 aliphatic rings. The van der Waals surface area contributed by atoms with Crippen LogP contribution in [0.1, 0.15) is 33.3 Å². The molecule has 0 saturated carbocycles. The van der Waals surface area contributed by atoms with Crippen LogP contribution in [0.2, 0.25) is 0 Å². The van der Waals surface area contributed by atoms with Gasteiger partial charge in [0.25, 0.3) is 0 Å². The van der Waals surface area contributed by atoms with E-state index in [1.165, 1.54) is 0 Å². The van der Waals surface area contributed by atoms with Gasteiger partial charge in [-0.25, -0.2) is 4.79 Å². The molecule has 0 aromatic heterocycles. The number of hydrogen-bond acceptors (Lipinski definition) is 5. The van der Waals surface area contributed by atoms with Crippen molar-refractivity contribution in [3.05, 3.63) is 29.8 Å². The second-order valence-electron chi connectivity index (χ2n) is 6.76. The van der Waals surface area contributed by atoms with E-state index >= 15 is 0 Å². The van der Waals surface area contributed by atoms with Gasteiger partial charge in [-0.05, 0) is 31.9 Å². The first-order valence-electron chi connectivity index (χ1n) is 9.10. The normalized spacial score (nSPS) is 29.0. The largest absolute Gasteiger partial charge is 0.372 e. The third kappa shape index (κ3) is 2.58. The quantitative estimate of drug-likeness (QED) is 0.687. The number of fused-ring (bicyclic) bond motifs is 4. The van der Waals surface area contributed by atoms with Gasteiger partial charge >= 0.3 is 6.03 Å². The summed E-state index contributed by atoms with van der Waals surface area (Å²) in [6.45, 7) is 8.43. The number of anilines is 1. The molecule has 7 heteroatoms. The van der Waals surface area contributed by atoms with Crippen molar-refractivity contribution in [2.45, 2.75) is 52.4 Å². The lowest BCUT2D eigenvalue weighted by molar-refractivity contribution is -0.153. The summed E-state index contributed by atoms with van der Waals surface area (Å²) < 4.78 is 5.94. The van der Waals surface area contributed by atoms with Crippen molar-refractivity contribution in [1.29, 1.82) is 0 Å². The number of amides is 4. The minimum Gasteiger partial charge on any atom is -0.372 e. The summed E-state index contributed by atoms with van der Waals surface area (Å²) in [6, 6.07) is 6.54. The Balaban J connectivity index is 0.000000948. The highest BCUT2D eigenvalue weighted by atomic mass is 16.5. The standard InChI is InChI=1S/C17H19N3O4.C2H6/c1-9-8-20-12-6-4-3-5-11(12)7-17(13(20)10(2)24-9)14(21)18-16(23)19-15(17)22;1-2/h3-6,9-10,13H,7-8H2,1-2H3,(H2,18,19,21,22,23);1-2H3/t9-,10+,13-;/m1./s1. The summed E-state index contributed by atoms with van der Waals surface area (Å²) in [5.74, 6) is -1.10. The maximum Gasteiger partial charge on any atom is 0.328 e.